The van der Waals surface area contributed by atoms with Crippen molar-refractivity contribution in [3.8, 4) is 5.75 Å². The largest absolute Gasteiger partial charge is 0.465 e. The maximum Gasteiger partial charge on any atom is 0.355 e. The number of ether oxygens (including phenoxy) is 1. The number of fused-ring (bicyclic) bond motifs is 3. The predicted molar refractivity (Wildman–Crippen MR) is 210 cm³/mol. The number of halogens is 1. The molecule has 2 aromatic carbocycles. The molecule has 3 saturated heterocycles. The second-order valence-corrected chi connectivity index (χ2v) is 21.1. The summed E-state index contributed by atoms with van der Waals surface area (Å²) in [4.78, 5) is 57.9. The molecule has 3 amide bonds. The van der Waals surface area contributed by atoms with Gasteiger partial charge >= 0.3 is 13.5 Å². The summed E-state index contributed by atoms with van der Waals surface area (Å²) in [6.45, 7) is 4.11. The van der Waals surface area contributed by atoms with Crippen molar-refractivity contribution in [3.05, 3.63) is 65.0 Å². The van der Waals surface area contributed by atoms with E-state index in [1.165, 1.54) is 48.8 Å². The van der Waals surface area contributed by atoms with E-state index in [1.54, 1.807) is 40.1 Å². The molecule has 0 bridgehead atoms. The number of sulfone groups is 1. The molecule has 3 aliphatic heterocycles. The van der Waals surface area contributed by atoms with Crippen LogP contribution in [0.5, 0.6) is 5.75 Å². The maximum absolute atomic E-state index is 16.5. The van der Waals surface area contributed by atoms with Gasteiger partial charge in [-0.25, -0.2) is 17.9 Å². The third-order valence-corrected chi connectivity index (χ3v) is 15.4. The van der Waals surface area contributed by atoms with Gasteiger partial charge in [0.1, 0.15) is 33.7 Å². The molecule has 7 rings (SSSR count). The summed E-state index contributed by atoms with van der Waals surface area (Å²) in [6, 6.07) is 11.5. The second kappa shape index (κ2) is 16.2. The minimum Gasteiger partial charge on any atom is -0.465 e. The van der Waals surface area contributed by atoms with Crippen LogP contribution in [0.2, 0.25) is 0 Å². The minimum absolute atomic E-state index is 0.0127. The molecule has 302 valence electrons. The average Bonchev–Trinajstić information content (AvgIpc) is 3.49. The van der Waals surface area contributed by atoms with Crippen LogP contribution in [0.25, 0.3) is 10.1 Å². The number of nitrogens with zero attached hydrogens (tertiary/aromatic N) is 2. The lowest BCUT2D eigenvalue weighted by Crippen LogP contribution is -2.60. The number of para-hydroxylation sites is 1. The average molecular weight is 831 g/mol. The summed E-state index contributed by atoms with van der Waals surface area (Å²) in [7, 11) is -7.62. The number of carbonyl (C=O) groups excluding carboxylic acids is 4. The van der Waals surface area contributed by atoms with Crippen LogP contribution in [0.3, 0.4) is 0 Å². The number of nitrogens with one attached hydrogen (secondary N) is 2. The SMILES string of the molecule is CCCOC(=O)[C@H](C)NP(=O)(Oc1ccccc1)C(F)c1ccc2sc(C(=O)N[C@H]3C[C@@H]4C[C@@H]4C[C@H]4CC[C@@H](C(=O)N5CC(CS(C)(=O)=O)C5)N4C3=O)cc2c1. The number of alkyl halides is 1. The molecule has 0 spiro atoms. The van der Waals surface area contributed by atoms with Gasteiger partial charge in [0, 0.05) is 36.0 Å². The van der Waals surface area contributed by atoms with Crippen LogP contribution in [0.15, 0.2) is 54.6 Å². The maximum atomic E-state index is 16.5. The zero-order valence-electron chi connectivity index (χ0n) is 31.6. The molecule has 4 heterocycles. The van der Waals surface area contributed by atoms with Crippen molar-refractivity contribution in [2.75, 3.05) is 31.7 Å². The summed E-state index contributed by atoms with van der Waals surface area (Å²) < 4.78 is 65.8. The Morgan fingerprint density at radius 2 is 1.77 bits per heavy atom. The number of likely N-dealkylation sites (tertiary alicyclic amines) is 1. The molecule has 3 aromatic rings. The number of amides is 3. The normalized spacial score (nSPS) is 25.8. The van der Waals surface area contributed by atoms with Crippen LogP contribution in [0.4, 0.5) is 4.39 Å². The third kappa shape index (κ3) is 8.83. The van der Waals surface area contributed by atoms with Gasteiger partial charge in [-0.1, -0.05) is 31.2 Å². The number of esters is 1. The molecule has 0 radical (unpaired) electrons. The number of rotatable bonds is 14. The van der Waals surface area contributed by atoms with Crippen LogP contribution in [-0.2, 0) is 33.5 Å². The molecule has 2 unspecified atom stereocenters. The van der Waals surface area contributed by atoms with E-state index in [2.05, 4.69) is 10.4 Å². The number of hydrogen-bond donors (Lipinski definition) is 2. The Morgan fingerprint density at radius 1 is 1.04 bits per heavy atom. The fraction of sp³-hybridized carbons (Fsp3) is 0.538. The Balaban J connectivity index is 1.07. The number of thiophene rings is 1. The molecule has 4 fully saturated rings. The summed E-state index contributed by atoms with van der Waals surface area (Å²) >= 11 is 1.17. The van der Waals surface area contributed by atoms with E-state index in [9.17, 15) is 32.2 Å². The van der Waals surface area contributed by atoms with E-state index in [0.29, 0.717) is 65.6 Å². The Hall–Kier alpha value is -3.85. The lowest BCUT2D eigenvalue weighted by atomic mass is 9.98. The van der Waals surface area contributed by atoms with E-state index >= 15 is 4.39 Å². The summed E-state index contributed by atoms with van der Waals surface area (Å²) in [5.74, 6) is -3.04. The quantitative estimate of drug-likeness (QED) is 0.157. The fourth-order valence-electron chi connectivity index (χ4n) is 8.30. The molecular formula is C39H48FN4O9PS2. The first-order valence-corrected chi connectivity index (χ1v) is 23.8. The van der Waals surface area contributed by atoms with Crippen LogP contribution in [0.1, 0.15) is 73.5 Å². The highest BCUT2D eigenvalue weighted by atomic mass is 32.2. The van der Waals surface area contributed by atoms with Crippen molar-refractivity contribution < 1.29 is 45.8 Å². The second-order valence-electron chi connectivity index (χ2n) is 15.7. The van der Waals surface area contributed by atoms with Gasteiger partial charge in [0.15, 0.2) is 0 Å². The van der Waals surface area contributed by atoms with Crippen LogP contribution < -0.4 is 14.9 Å². The Labute approximate surface area is 330 Å². The Bertz CT molecular complexity index is 2150. The van der Waals surface area contributed by atoms with Gasteiger partial charge in [-0.3, -0.25) is 23.7 Å². The van der Waals surface area contributed by atoms with Gasteiger partial charge in [0.2, 0.25) is 17.7 Å². The number of hydrogen-bond acceptors (Lipinski definition) is 10. The molecule has 1 aliphatic carbocycles. The van der Waals surface area contributed by atoms with Crippen LogP contribution in [-0.4, -0.2) is 97.8 Å². The highest BCUT2D eigenvalue weighted by molar-refractivity contribution is 7.90. The molecule has 1 saturated carbocycles. The van der Waals surface area contributed by atoms with Crippen molar-refractivity contribution in [1.29, 1.82) is 0 Å². The number of benzene rings is 2. The molecule has 8 atom stereocenters. The van der Waals surface area contributed by atoms with Gasteiger partial charge < -0.3 is 24.4 Å². The molecule has 17 heteroatoms. The van der Waals surface area contributed by atoms with Crippen molar-refractivity contribution in [3.63, 3.8) is 0 Å². The minimum atomic E-state index is -4.45. The van der Waals surface area contributed by atoms with Gasteiger partial charge in [-0.2, -0.15) is 0 Å². The zero-order valence-corrected chi connectivity index (χ0v) is 34.1. The van der Waals surface area contributed by atoms with E-state index in [1.807, 2.05) is 6.92 Å². The van der Waals surface area contributed by atoms with Crippen molar-refractivity contribution >= 4 is 62.5 Å². The van der Waals surface area contributed by atoms with E-state index in [4.69, 9.17) is 9.26 Å². The molecule has 2 N–H and O–H groups in total. The Kier molecular flexibility index (Phi) is 11.7. The highest BCUT2D eigenvalue weighted by Crippen LogP contribution is 2.58. The highest BCUT2D eigenvalue weighted by Gasteiger charge is 2.52. The van der Waals surface area contributed by atoms with Gasteiger partial charge in [-0.05, 0) is 98.6 Å². The molecule has 56 heavy (non-hydrogen) atoms. The van der Waals surface area contributed by atoms with E-state index in [0.717, 1.165) is 12.8 Å². The first kappa shape index (κ1) is 40.4. The van der Waals surface area contributed by atoms with E-state index < -0.39 is 53.3 Å². The van der Waals surface area contributed by atoms with Gasteiger partial charge in [0.25, 0.3) is 5.91 Å². The molecule has 1 aromatic heterocycles. The monoisotopic (exact) mass is 830 g/mol. The molecule has 13 nitrogen and oxygen atoms in total. The lowest BCUT2D eigenvalue weighted by Gasteiger charge is -2.43. The smallest absolute Gasteiger partial charge is 0.355 e. The van der Waals surface area contributed by atoms with Crippen molar-refractivity contribution in [2.45, 2.75) is 82.5 Å². The van der Waals surface area contributed by atoms with Gasteiger partial charge in [0.05, 0.1) is 17.2 Å². The van der Waals surface area contributed by atoms with Crippen LogP contribution in [0, 0.1) is 17.8 Å². The standard InChI is InChI=1S/C39H48FN4O9PS2/c1-4-14-52-39(48)23(2)42-54(49,53-30-8-6-5-7-9-30)35(40)25-10-13-33-28(15-25)19-34(55-33)36(45)41-31-18-27-16-26(27)17-29-11-12-32(44(29)37(31)46)38(47)43-20-24(21-43)22-56(3,50)51/h5-10,13,15,19,23-24,26-27,29,31-32,35H,4,11-12,14,16-18,20-22H2,1-3H3,(H,41,45)(H,42,49)/t23-,26+,27-,29+,31-,32-,35?,54?/m0/s1. The summed E-state index contributed by atoms with van der Waals surface area (Å²) in [5.41, 5.74) is 0.0127. The fourth-order valence-corrected chi connectivity index (χ4v) is 12.2. The van der Waals surface area contributed by atoms with E-state index in [-0.39, 0.29) is 47.4 Å². The van der Waals surface area contributed by atoms with Crippen LogP contribution >= 0.6 is 18.9 Å². The topological polar surface area (TPSA) is 168 Å². The zero-order chi connectivity index (χ0) is 39.9. The molecular weight excluding hydrogens is 783 g/mol. The number of carbonyl (C=O) groups is 4. The predicted octanol–water partition coefficient (Wildman–Crippen LogP) is 5.46. The van der Waals surface area contributed by atoms with Crippen molar-refractivity contribution in [1.82, 2.24) is 20.2 Å². The summed E-state index contributed by atoms with van der Waals surface area (Å²) in [6.07, 6.45) is 5.24. The Morgan fingerprint density at radius 3 is 2.48 bits per heavy atom. The lowest BCUT2D eigenvalue weighted by molar-refractivity contribution is -0.150. The van der Waals surface area contributed by atoms with Gasteiger partial charge in [-0.15, -0.1) is 11.3 Å². The summed E-state index contributed by atoms with van der Waals surface area (Å²) in [5, 5.41) is 6.06. The first-order valence-electron chi connectivity index (χ1n) is 19.2. The van der Waals surface area contributed by atoms with Crippen molar-refractivity contribution in [2.24, 2.45) is 17.8 Å². The molecule has 4 aliphatic rings. The third-order valence-electron chi connectivity index (χ3n) is 11.1. The first-order chi connectivity index (χ1) is 26.6.